The van der Waals surface area contributed by atoms with Gasteiger partial charge in [-0.3, -0.25) is 9.59 Å². The third-order valence-electron chi connectivity index (χ3n) is 5.12. The van der Waals surface area contributed by atoms with Crippen molar-refractivity contribution in [2.75, 3.05) is 20.3 Å². The van der Waals surface area contributed by atoms with Crippen LogP contribution in [0.3, 0.4) is 0 Å². The second-order valence-electron chi connectivity index (χ2n) is 7.65. The number of nitrogens with zero attached hydrogens (tertiary/aromatic N) is 1. The Morgan fingerprint density at radius 3 is 2.55 bits per heavy atom. The van der Waals surface area contributed by atoms with Crippen LogP contribution in [0.1, 0.15) is 43.4 Å². The van der Waals surface area contributed by atoms with E-state index < -0.39 is 6.04 Å². The van der Waals surface area contributed by atoms with Gasteiger partial charge in [0.1, 0.15) is 17.5 Å². The molecule has 1 atom stereocenters. The summed E-state index contributed by atoms with van der Waals surface area (Å²) in [5.41, 5.74) is 2.92. The van der Waals surface area contributed by atoms with E-state index in [1.807, 2.05) is 70.2 Å². The maximum atomic E-state index is 13.2. The molecule has 0 radical (unpaired) electrons. The van der Waals surface area contributed by atoms with Crippen LogP contribution in [-0.4, -0.2) is 43.0 Å². The highest BCUT2D eigenvalue weighted by atomic mass is 16.5. The summed E-state index contributed by atoms with van der Waals surface area (Å²) in [6.07, 6.45) is 1.34. The van der Waals surface area contributed by atoms with Crippen LogP contribution < -0.4 is 14.8 Å². The van der Waals surface area contributed by atoms with Gasteiger partial charge in [-0.25, -0.2) is 0 Å². The number of methoxy groups -OCH3 is 1. The lowest BCUT2D eigenvalue weighted by Crippen LogP contribution is -2.50. The Kier molecular flexibility index (Phi) is 9.38. The number of aryl methyl sites for hydroxylation is 2. The lowest BCUT2D eigenvalue weighted by Gasteiger charge is -2.30. The number of amides is 2. The summed E-state index contributed by atoms with van der Waals surface area (Å²) in [5, 5.41) is 2.92. The molecule has 2 rings (SSSR count). The molecule has 2 amide bonds. The van der Waals surface area contributed by atoms with Crippen molar-refractivity contribution in [2.24, 2.45) is 0 Å². The van der Waals surface area contributed by atoms with Crippen LogP contribution in [0.25, 0.3) is 0 Å². The molecule has 0 bridgehead atoms. The quantitative estimate of drug-likeness (QED) is 0.589. The normalized spacial score (nSPS) is 11.5. The molecular formula is C25H34N2O4. The number of hydrogen-bond donors (Lipinski definition) is 1. The van der Waals surface area contributed by atoms with E-state index in [0.29, 0.717) is 31.0 Å². The van der Waals surface area contributed by atoms with E-state index >= 15 is 0 Å². The Balaban J connectivity index is 2.24. The molecule has 2 aromatic rings. The second-order valence-corrected chi connectivity index (χ2v) is 7.65. The summed E-state index contributed by atoms with van der Waals surface area (Å²) >= 11 is 0. The summed E-state index contributed by atoms with van der Waals surface area (Å²) in [4.78, 5) is 27.6. The summed E-state index contributed by atoms with van der Waals surface area (Å²) in [7, 11) is 1.60. The smallest absolute Gasteiger partial charge is 0.261 e. The van der Waals surface area contributed by atoms with E-state index in [9.17, 15) is 9.59 Å². The van der Waals surface area contributed by atoms with Crippen LogP contribution in [-0.2, 0) is 16.1 Å². The number of carbonyl (C=O) groups excluding carboxylic acids is 2. The van der Waals surface area contributed by atoms with Crippen molar-refractivity contribution in [3.63, 3.8) is 0 Å². The number of rotatable bonds is 11. The molecule has 0 aromatic heterocycles. The van der Waals surface area contributed by atoms with Crippen LogP contribution in [0.2, 0.25) is 0 Å². The summed E-state index contributed by atoms with van der Waals surface area (Å²) in [5.74, 6) is 1.01. The number of ether oxygens (including phenoxy) is 2. The van der Waals surface area contributed by atoms with Gasteiger partial charge < -0.3 is 19.7 Å². The van der Waals surface area contributed by atoms with E-state index in [1.165, 1.54) is 0 Å². The molecule has 0 aliphatic rings. The minimum atomic E-state index is -0.576. The average molecular weight is 427 g/mol. The molecule has 31 heavy (non-hydrogen) atoms. The average Bonchev–Trinajstić information content (AvgIpc) is 2.77. The van der Waals surface area contributed by atoms with Gasteiger partial charge in [-0.1, -0.05) is 38.1 Å². The van der Waals surface area contributed by atoms with E-state index in [0.717, 1.165) is 23.1 Å². The largest absolute Gasteiger partial charge is 0.497 e. The minimum absolute atomic E-state index is 0.133. The van der Waals surface area contributed by atoms with Crippen molar-refractivity contribution >= 4 is 11.8 Å². The van der Waals surface area contributed by atoms with E-state index in [4.69, 9.17) is 9.47 Å². The molecule has 2 aromatic carbocycles. The number of nitrogens with one attached hydrogen (secondary N) is 1. The van der Waals surface area contributed by atoms with Gasteiger partial charge in [-0.05, 0) is 61.6 Å². The predicted molar refractivity (Wildman–Crippen MR) is 122 cm³/mol. The minimum Gasteiger partial charge on any atom is -0.497 e. The molecule has 0 spiro atoms. The Bertz CT molecular complexity index is 882. The first-order chi connectivity index (χ1) is 14.9. The molecule has 0 aliphatic carbocycles. The number of hydrogen-bond acceptors (Lipinski definition) is 4. The first-order valence-corrected chi connectivity index (χ1v) is 10.8. The third-order valence-corrected chi connectivity index (χ3v) is 5.12. The zero-order chi connectivity index (χ0) is 22.8. The molecule has 0 saturated heterocycles. The van der Waals surface area contributed by atoms with E-state index in [-0.39, 0.29) is 18.4 Å². The maximum absolute atomic E-state index is 13.2. The standard InChI is InChI=1S/C25H34N2O4/c1-6-13-26-25(29)22(7-2)27(16-20-9-8-10-21(15-20)30-5)24(28)17-31-23-14-18(3)11-12-19(23)4/h8-12,14-15,22H,6-7,13,16-17H2,1-5H3,(H,26,29)/t22-/m1/s1. The van der Waals surface area contributed by atoms with Crippen LogP contribution in [0.5, 0.6) is 11.5 Å². The topological polar surface area (TPSA) is 67.9 Å². The second kappa shape index (κ2) is 12.0. The van der Waals surface area contributed by atoms with Gasteiger partial charge in [0, 0.05) is 13.1 Å². The summed E-state index contributed by atoms with van der Waals surface area (Å²) < 4.78 is 11.2. The molecule has 0 heterocycles. The molecule has 0 fully saturated rings. The van der Waals surface area contributed by atoms with Crippen LogP contribution in [0, 0.1) is 13.8 Å². The predicted octanol–water partition coefficient (Wildman–Crippen LogP) is 4.02. The molecule has 0 aliphatic heterocycles. The number of benzene rings is 2. The molecule has 6 heteroatoms. The van der Waals surface area contributed by atoms with Crippen molar-refractivity contribution in [1.82, 2.24) is 10.2 Å². The Morgan fingerprint density at radius 2 is 1.87 bits per heavy atom. The van der Waals surface area contributed by atoms with Gasteiger partial charge in [-0.15, -0.1) is 0 Å². The molecule has 1 N–H and O–H groups in total. The Morgan fingerprint density at radius 1 is 1.10 bits per heavy atom. The number of carbonyl (C=O) groups is 2. The highest BCUT2D eigenvalue weighted by Gasteiger charge is 2.29. The molecule has 6 nitrogen and oxygen atoms in total. The summed E-state index contributed by atoms with van der Waals surface area (Å²) in [6, 6.07) is 12.8. The lowest BCUT2D eigenvalue weighted by molar-refractivity contribution is -0.143. The van der Waals surface area contributed by atoms with Crippen molar-refractivity contribution in [1.29, 1.82) is 0 Å². The highest BCUT2D eigenvalue weighted by Crippen LogP contribution is 2.21. The molecule has 168 valence electrons. The van der Waals surface area contributed by atoms with E-state index in [1.54, 1.807) is 12.0 Å². The van der Waals surface area contributed by atoms with Gasteiger partial charge in [0.05, 0.1) is 7.11 Å². The van der Waals surface area contributed by atoms with Crippen LogP contribution in [0.15, 0.2) is 42.5 Å². The van der Waals surface area contributed by atoms with E-state index in [2.05, 4.69) is 5.32 Å². The van der Waals surface area contributed by atoms with Crippen LogP contribution in [0.4, 0.5) is 0 Å². The van der Waals surface area contributed by atoms with Gasteiger partial charge >= 0.3 is 0 Å². The molecule has 0 unspecified atom stereocenters. The van der Waals surface area contributed by atoms with Crippen LogP contribution >= 0.6 is 0 Å². The van der Waals surface area contributed by atoms with Crippen molar-refractivity contribution in [2.45, 2.75) is 53.1 Å². The first kappa shape index (κ1) is 24.3. The molecule has 0 saturated carbocycles. The van der Waals surface area contributed by atoms with Gasteiger partial charge in [0.15, 0.2) is 6.61 Å². The first-order valence-electron chi connectivity index (χ1n) is 10.8. The van der Waals surface area contributed by atoms with Crippen molar-refractivity contribution < 1.29 is 19.1 Å². The fourth-order valence-electron chi connectivity index (χ4n) is 3.34. The zero-order valence-electron chi connectivity index (χ0n) is 19.2. The van der Waals surface area contributed by atoms with Gasteiger partial charge in [0.25, 0.3) is 5.91 Å². The van der Waals surface area contributed by atoms with Gasteiger partial charge in [-0.2, -0.15) is 0 Å². The monoisotopic (exact) mass is 426 g/mol. The Hall–Kier alpha value is -3.02. The van der Waals surface area contributed by atoms with Crippen molar-refractivity contribution in [3.05, 3.63) is 59.2 Å². The van der Waals surface area contributed by atoms with Crippen molar-refractivity contribution in [3.8, 4) is 11.5 Å². The maximum Gasteiger partial charge on any atom is 0.261 e. The van der Waals surface area contributed by atoms with Gasteiger partial charge in [0.2, 0.25) is 5.91 Å². The Labute approximate surface area is 185 Å². The third kappa shape index (κ3) is 7.02. The zero-order valence-corrected chi connectivity index (χ0v) is 19.2. The summed E-state index contributed by atoms with van der Waals surface area (Å²) in [6.45, 7) is 8.58. The lowest BCUT2D eigenvalue weighted by atomic mass is 10.1. The highest BCUT2D eigenvalue weighted by molar-refractivity contribution is 5.88. The fourth-order valence-corrected chi connectivity index (χ4v) is 3.34. The fraction of sp³-hybridized carbons (Fsp3) is 0.440. The molecular weight excluding hydrogens is 392 g/mol. The SMILES string of the molecule is CCCNC(=O)[C@@H](CC)N(Cc1cccc(OC)c1)C(=O)COc1cc(C)ccc1C.